The summed E-state index contributed by atoms with van der Waals surface area (Å²) in [4.78, 5) is 12.2. The number of hydrogen-bond acceptors (Lipinski definition) is 5. The minimum absolute atomic E-state index is 0.111. The van der Waals surface area contributed by atoms with E-state index in [1.54, 1.807) is 29.8 Å². The minimum Gasteiger partial charge on any atom is -0.467 e. The third-order valence-corrected chi connectivity index (χ3v) is 4.54. The molecular formula is C23H19F3N2O4. The Kier molecular flexibility index (Phi) is 6.85. The number of esters is 1. The lowest BCUT2D eigenvalue weighted by atomic mass is 10.0. The highest BCUT2D eigenvalue weighted by molar-refractivity contribution is 5.93. The second kappa shape index (κ2) is 9.58. The third kappa shape index (κ3) is 4.92. The lowest BCUT2D eigenvalue weighted by Crippen LogP contribution is -2.10. The van der Waals surface area contributed by atoms with Gasteiger partial charge in [0.1, 0.15) is 17.4 Å². The lowest BCUT2D eigenvalue weighted by Gasteiger charge is -2.12. The summed E-state index contributed by atoms with van der Waals surface area (Å²) in [5.41, 5.74) is 0.706. The summed E-state index contributed by atoms with van der Waals surface area (Å²) in [6.07, 6.45) is -1.45. The zero-order valence-electron chi connectivity index (χ0n) is 17.3. The standard InChI is InChI=1S/C23H19F3N2O4/c1-3-31-22(29)19-8-7-18(10-21(19)32-14-30-2)28-12-16(11-27)20(13-28)15-5-4-6-17(9-15)23(24,25)26/h4-10,12-13H,3,14H2,1-2H3. The average molecular weight is 444 g/mol. The van der Waals surface area contributed by atoms with E-state index in [1.165, 1.54) is 31.5 Å². The second-order valence-corrected chi connectivity index (χ2v) is 6.63. The first-order valence-electron chi connectivity index (χ1n) is 9.51. The van der Waals surface area contributed by atoms with Crippen LogP contribution in [0.15, 0.2) is 54.9 Å². The van der Waals surface area contributed by atoms with Crippen molar-refractivity contribution < 1.29 is 32.2 Å². The minimum atomic E-state index is -4.50. The molecule has 166 valence electrons. The molecular weight excluding hydrogens is 425 g/mol. The molecule has 0 N–H and O–H groups in total. The van der Waals surface area contributed by atoms with Gasteiger partial charge >= 0.3 is 12.1 Å². The molecule has 0 spiro atoms. The molecule has 0 radical (unpaired) electrons. The number of halogens is 3. The molecule has 9 heteroatoms. The van der Waals surface area contributed by atoms with Crippen LogP contribution in [0.4, 0.5) is 13.2 Å². The number of hydrogen-bond donors (Lipinski definition) is 0. The summed E-state index contributed by atoms with van der Waals surface area (Å²) in [5, 5.41) is 9.53. The molecule has 3 aromatic rings. The zero-order chi connectivity index (χ0) is 23.3. The maximum atomic E-state index is 13.1. The Morgan fingerprint density at radius 2 is 1.94 bits per heavy atom. The Hall–Kier alpha value is -3.77. The van der Waals surface area contributed by atoms with E-state index in [9.17, 15) is 23.2 Å². The van der Waals surface area contributed by atoms with Gasteiger partial charge in [0.15, 0.2) is 6.79 Å². The Bertz CT molecular complexity index is 1160. The number of nitrogens with zero attached hydrogens (tertiary/aromatic N) is 2. The number of carbonyl (C=O) groups excluding carboxylic acids is 1. The van der Waals surface area contributed by atoms with Crippen molar-refractivity contribution in [3.05, 3.63) is 71.5 Å². The smallest absolute Gasteiger partial charge is 0.416 e. The molecule has 6 nitrogen and oxygen atoms in total. The summed E-state index contributed by atoms with van der Waals surface area (Å²) < 4.78 is 56.3. The van der Waals surface area contributed by atoms with Gasteiger partial charge in [0, 0.05) is 36.8 Å². The summed E-state index contributed by atoms with van der Waals surface area (Å²) in [5.74, 6) is -0.365. The van der Waals surface area contributed by atoms with Crippen molar-refractivity contribution in [1.29, 1.82) is 5.26 Å². The second-order valence-electron chi connectivity index (χ2n) is 6.63. The summed E-state index contributed by atoms with van der Waals surface area (Å²) in [6.45, 7) is 1.76. The first-order chi connectivity index (χ1) is 15.3. The summed E-state index contributed by atoms with van der Waals surface area (Å²) >= 11 is 0. The molecule has 3 rings (SSSR count). The Morgan fingerprint density at radius 3 is 2.59 bits per heavy atom. The molecule has 0 bridgehead atoms. The van der Waals surface area contributed by atoms with Crippen LogP contribution in [0.25, 0.3) is 16.8 Å². The Labute approximate surface area is 182 Å². The van der Waals surface area contributed by atoms with Crippen LogP contribution in [-0.4, -0.2) is 31.0 Å². The van der Waals surface area contributed by atoms with Gasteiger partial charge in [0.25, 0.3) is 0 Å². The maximum Gasteiger partial charge on any atom is 0.416 e. The number of rotatable bonds is 7. The van der Waals surface area contributed by atoms with E-state index >= 15 is 0 Å². The van der Waals surface area contributed by atoms with Gasteiger partial charge in [-0.2, -0.15) is 18.4 Å². The molecule has 2 aromatic carbocycles. The van der Waals surface area contributed by atoms with Gasteiger partial charge in [-0.3, -0.25) is 0 Å². The van der Waals surface area contributed by atoms with E-state index in [1.807, 2.05) is 6.07 Å². The van der Waals surface area contributed by atoms with Crippen LogP contribution < -0.4 is 4.74 Å². The molecule has 0 fully saturated rings. The molecule has 0 aliphatic carbocycles. The predicted molar refractivity (Wildman–Crippen MR) is 109 cm³/mol. The number of benzene rings is 2. The van der Waals surface area contributed by atoms with Crippen LogP contribution >= 0.6 is 0 Å². The van der Waals surface area contributed by atoms with Gasteiger partial charge in [-0.15, -0.1) is 0 Å². The van der Waals surface area contributed by atoms with E-state index in [0.29, 0.717) is 11.3 Å². The van der Waals surface area contributed by atoms with E-state index in [2.05, 4.69) is 0 Å². The van der Waals surface area contributed by atoms with Crippen LogP contribution in [0.5, 0.6) is 5.75 Å². The van der Waals surface area contributed by atoms with E-state index < -0.39 is 17.7 Å². The molecule has 0 aliphatic heterocycles. The predicted octanol–water partition coefficient (Wildman–Crippen LogP) is 5.19. The molecule has 0 unspecified atom stereocenters. The molecule has 1 aromatic heterocycles. The molecule has 32 heavy (non-hydrogen) atoms. The van der Waals surface area contributed by atoms with Gasteiger partial charge in [-0.25, -0.2) is 4.79 Å². The topological polar surface area (TPSA) is 73.5 Å². The monoisotopic (exact) mass is 444 g/mol. The van der Waals surface area contributed by atoms with Crippen LogP contribution in [0, 0.1) is 11.3 Å². The maximum absolute atomic E-state index is 13.1. The van der Waals surface area contributed by atoms with Crippen molar-refractivity contribution >= 4 is 5.97 Å². The molecule has 0 aliphatic rings. The van der Waals surface area contributed by atoms with Gasteiger partial charge in [-0.1, -0.05) is 12.1 Å². The van der Waals surface area contributed by atoms with Crippen LogP contribution in [0.1, 0.15) is 28.4 Å². The first-order valence-corrected chi connectivity index (χ1v) is 9.51. The number of nitriles is 1. The number of carbonyl (C=O) groups is 1. The van der Waals surface area contributed by atoms with Crippen molar-refractivity contribution in [1.82, 2.24) is 4.57 Å². The molecule has 1 heterocycles. The van der Waals surface area contributed by atoms with Gasteiger partial charge < -0.3 is 18.8 Å². The fraction of sp³-hybridized carbons (Fsp3) is 0.217. The number of ether oxygens (including phenoxy) is 3. The average Bonchev–Trinajstić information content (AvgIpc) is 3.22. The highest BCUT2D eigenvalue weighted by atomic mass is 19.4. The highest BCUT2D eigenvalue weighted by Gasteiger charge is 2.30. The molecule has 0 atom stereocenters. The van der Waals surface area contributed by atoms with Crippen molar-refractivity contribution in [3.8, 4) is 28.6 Å². The normalized spacial score (nSPS) is 11.1. The van der Waals surface area contributed by atoms with Crippen LogP contribution in [0.3, 0.4) is 0 Å². The fourth-order valence-corrected chi connectivity index (χ4v) is 3.08. The number of methoxy groups -OCH3 is 1. The zero-order valence-corrected chi connectivity index (χ0v) is 17.3. The molecule has 0 saturated heterocycles. The van der Waals surface area contributed by atoms with Crippen molar-refractivity contribution in [2.75, 3.05) is 20.5 Å². The quantitative estimate of drug-likeness (QED) is 0.370. The van der Waals surface area contributed by atoms with E-state index in [-0.39, 0.29) is 35.8 Å². The largest absolute Gasteiger partial charge is 0.467 e. The summed E-state index contributed by atoms with van der Waals surface area (Å²) in [7, 11) is 1.43. The molecule has 0 amide bonds. The highest BCUT2D eigenvalue weighted by Crippen LogP contribution is 2.34. The fourth-order valence-electron chi connectivity index (χ4n) is 3.08. The number of alkyl halides is 3. The van der Waals surface area contributed by atoms with Crippen molar-refractivity contribution in [3.63, 3.8) is 0 Å². The van der Waals surface area contributed by atoms with Crippen molar-refractivity contribution in [2.24, 2.45) is 0 Å². The summed E-state index contributed by atoms with van der Waals surface area (Å²) in [6, 6.07) is 11.5. The first kappa shape index (κ1) is 22.9. The third-order valence-electron chi connectivity index (χ3n) is 4.54. The SMILES string of the molecule is CCOC(=O)c1ccc(-n2cc(C#N)c(-c3cccc(C(F)(F)F)c3)c2)cc1OCOC. The lowest BCUT2D eigenvalue weighted by molar-refractivity contribution is -0.137. The number of aromatic nitrogens is 1. The Balaban J connectivity index is 2.05. The Morgan fingerprint density at radius 1 is 1.16 bits per heavy atom. The van der Waals surface area contributed by atoms with Crippen LogP contribution in [-0.2, 0) is 15.7 Å². The van der Waals surface area contributed by atoms with Gasteiger partial charge in [-0.05, 0) is 36.8 Å². The van der Waals surface area contributed by atoms with Crippen molar-refractivity contribution in [2.45, 2.75) is 13.1 Å². The molecule has 0 saturated carbocycles. The van der Waals surface area contributed by atoms with E-state index in [0.717, 1.165) is 12.1 Å². The van der Waals surface area contributed by atoms with Gasteiger partial charge in [0.2, 0.25) is 0 Å². The van der Waals surface area contributed by atoms with Crippen LogP contribution in [0.2, 0.25) is 0 Å². The van der Waals surface area contributed by atoms with E-state index in [4.69, 9.17) is 14.2 Å². The van der Waals surface area contributed by atoms with Gasteiger partial charge in [0.05, 0.1) is 17.7 Å².